The number of piperidine rings is 1. The van der Waals surface area contributed by atoms with Crippen molar-refractivity contribution < 1.29 is 9.49 Å². The van der Waals surface area contributed by atoms with Gasteiger partial charge in [0.15, 0.2) is 0 Å². The molecular formula is C28H27N7O. The largest absolute Gasteiger partial charge is 0.505 e. The van der Waals surface area contributed by atoms with Crippen LogP contribution in [0.25, 0.3) is 22.4 Å². The van der Waals surface area contributed by atoms with Crippen LogP contribution in [-0.2, 0) is 10.3 Å². The van der Waals surface area contributed by atoms with Gasteiger partial charge in [0, 0.05) is 30.5 Å². The molecule has 4 atom stereocenters. The van der Waals surface area contributed by atoms with E-state index in [1.807, 2.05) is 47.0 Å². The summed E-state index contributed by atoms with van der Waals surface area (Å²) in [5.41, 5.74) is 13.2. The van der Waals surface area contributed by atoms with E-state index in [0.717, 1.165) is 47.8 Å². The molecule has 8 nitrogen and oxygen atoms in total. The average Bonchev–Trinajstić information content (AvgIpc) is 3.56. The fourth-order valence-corrected chi connectivity index (χ4v) is 6.88. The Morgan fingerprint density at radius 1 is 1.11 bits per heavy atom. The van der Waals surface area contributed by atoms with Gasteiger partial charge in [-0.15, -0.1) is 0 Å². The van der Waals surface area contributed by atoms with Crippen LogP contribution in [0.5, 0.6) is 0 Å². The fraction of sp³-hybridized carbons (Fsp3) is 0.357. The van der Waals surface area contributed by atoms with Gasteiger partial charge in [-0.05, 0) is 56.0 Å². The molecule has 2 aliphatic heterocycles. The minimum Gasteiger partial charge on any atom is -0.505 e. The maximum atomic E-state index is 13.5. The number of imidazole rings is 1. The number of Topliss-reactive ketones (excluding diaryl/α,β-unsaturated/α-hetero) is 1. The standard InChI is InChI=1S/C28H27N7O/c1-18(19-6-3-2-4-7-19)32-26-30-15-12-24(33-26)34-17-31-22-16-21(9-10-23(22)34)28-14-11-20-8-5-13-27(20,25(28)36)35(28)29/h2-4,6-7,9-10,12,15-18,20H,5,8,11,13-14H2,1H3,(H,30,32,33)/t18-,20?,27?,28?/m0/s1. The van der Waals surface area contributed by atoms with Gasteiger partial charge in [0.2, 0.25) is 17.0 Å². The Labute approximate surface area is 208 Å². The van der Waals surface area contributed by atoms with Crippen molar-refractivity contribution >= 4 is 22.8 Å². The third-order valence-electron chi connectivity index (χ3n) is 8.71. The van der Waals surface area contributed by atoms with E-state index in [2.05, 4.69) is 34.3 Å². The number of aromatic nitrogens is 4. The highest BCUT2D eigenvalue weighted by Gasteiger charge is 2.80. The monoisotopic (exact) mass is 477 g/mol. The molecule has 180 valence electrons. The van der Waals surface area contributed by atoms with Gasteiger partial charge >= 0.3 is 0 Å². The summed E-state index contributed by atoms with van der Waals surface area (Å²) < 4.78 is 3.32. The lowest BCUT2D eigenvalue weighted by atomic mass is 9.54. The number of carbonyl (C=O) groups is 1. The zero-order valence-electron chi connectivity index (χ0n) is 20.1. The number of rotatable bonds is 5. The number of hydrogen-bond donors (Lipinski definition) is 1. The number of carbonyl (C=O) groups excluding carboxylic acids is 1. The predicted octanol–water partition coefficient (Wildman–Crippen LogP) is 5.13. The Hall–Kier alpha value is -3.94. The zero-order valence-corrected chi connectivity index (χ0v) is 20.1. The molecule has 2 aromatic heterocycles. The van der Waals surface area contributed by atoms with E-state index in [4.69, 9.17) is 4.98 Å². The van der Waals surface area contributed by atoms with Crippen LogP contribution in [0.15, 0.2) is 67.1 Å². The quantitative estimate of drug-likeness (QED) is 0.402. The molecule has 0 amide bonds. The topological polar surface area (TPSA) is 98.0 Å². The normalized spacial score (nSPS) is 27.5. The van der Waals surface area contributed by atoms with Crippen LogP contribution < -0.4 is 5.32 Å². The van der Waals surface area contributed by atoms with Crippen LogP contribution in [0.4, 0.5) is 5.95 Å². The highest BCUT2D eigenvalue weighted by Crippen LogP contribution is 2.62. The summed E-state index contributed by atoms with van der Waals surface area (Å²) in [6, 6.07) is 18.0. The Balaban J connectivity index is 1.20. The number of nitrogens with zero attached hydrogens (tertiary/aromatic N) is 6. The molecule has 36 heavy (non-hydrogen) atoms. The second-order valence-electron chi connectivity index (χ2n) is 10.4. The lowest BCUT2D eigenvalue weighted by molar-refractivity contribution is -0.734. The number of nitrogens with one attached hydrogen (secondary N) is 1. The summed E-state index contributed by atoms with van der Waals surface area (Å²) in [7, 11) is 0. The number of benzene rings is 2. The SMILES string of the molecule is C[C@H](Nc1nccc(-n2cnc3cc(C45CCC6CCCC6(C4=O)[N+]5=[N-])ccc32)n1)c1ccccc1. The van der Waals surface area contributed by atoms with Crippen molar-refractivity contribution in [3.63, 3.8) is 0 Å². The van der Waals surface area contributed by atoms with E-state index in [9.17, 15) is 10.3 Å². The molecule has 4 aliphatic rings. The van der Waals surface area contributed by atoms with E-state index in [0.29, 0.717) is 18.2 Å². The molecule has 1 spiro atoms. The van der Waals surface area contributed by atoms with Gasteiger partial charge in [0.25, 0.3) is 5.78 Å². The molecule has 8 rings (SSSR count). The van der Waals surface area contributed by atoms with Gasteiger partial charge in [0.05, 0.1) is 17.1 Å². The second kappa shape index (κ2) is 7.53. The number of anilines is 1. The number of ketones is 1. The first-order valence-corrected chi connectivity index (χ1v) is 12.7. The van der Waals surface area contributed by atoms with E-state index in [1.165, 1.54) is 4.70 Å². The lowest BCUT2D eigenvalue weighted by Gasteiger charge is -2.58. The maximum absolute atomic E-state index is 13.5. The summed E-state index contributed by atoms with van der Waals surface area (Å²) in [6.45, 7) is 2.08. The summed E-state index contributed by atoms with van der Waals surface area (Å²) >= 11 is 0. The zero-order chi connectivity index (χ0) is 24.5. The third kappa shape index (κ3) is 2.69. The highest BCUT2D eigenvalue weighted by molar-refractivity contribution is 6.01. The number of fused-ring (bicyclic) bond motifs is 2. The molecule has 2 saturated carbocycles. The molecule has 4 aromatic rings. The molecular weight excluding hydrogens is 450 g/mol. The van der Waals surface area contributed by atoms with Gasteiger partial charge in [-0.1, -0.05) is 30.3 Å². The first kappa shape index (κ1) is 21.4. The van der Waals surface area contributed by atoms with Crippen molar-refractivity contribution in [2.75, 3.05) is 5.32 Å². The maximum Gasteiger partial charge on any atom is 0.276 e. The molecule has 0 radical (unpaired) electrons. The molecule has 2 saturated heterocycles. The Morgan fingerprint density at radius 3 is 2.81 bits per heavy atom. The van der Waals surface area contributed by atoms with E-state index < -0.39 is 11.1 Å². The first-order valence-electron chi connectivity index (χ1n) is 12.7. The Kier molecular flexibility index (Phi) is 4.46. The predicted molar refractivity (Wildman–Crippen MR) is 135 cm³/mol. The van der Waals surface area contributed by atoms with Crippen molar-refractivity contribution in [3.8, 4) is 5.82 Å². The molecule has 3 unspecified atom stereocenters. The Morgan fingerprint density at radius 2 is 1.97 bits per heavy atom. The molecule has 2 aromatic carbocycles. The van der Waals surface area contributed by atoms with Gasteiger partial charge in [-0.3, -0.25) is 14.1 Å². The minimum absolute atomic E-state index is 0.0579. The molecule has 4 fully saturated rings. The van der Waals surface area contributed by atoms with Crippen LogP contribution in [0, 0.1) is 5.92 Å². The van der Waals surface area contributed by atoms with E-state index in [1.54, 1.807) is 12.5 Å². The van der Waals surface area contributed by atoms with Crippen molar-refractivity contribution in [1.82, 2.24) is 19.5 Å². The summed E-state index contributed by atoms with van der Waals surface area (Å²) in [4.78, 5) is 27.3. The molecule has 4 heterocycles. The van der Waals surface area contributed by atoms with Gasteiger partial charge in [-0.25, -0.2) is 9.97 Å². The first-order chi connectivity index (χ1) is 17.5. The summed E-state index contributed by atoms with van der Waals surface area (Å²) in [6.07, 6.45) is 7.91. The molecule has 1 N–H and O–H groups in total. The summed E-state index contributed by atoms with van der Waals surface area (Å²) in [5.74, 6) is 1.71. The van der Waals surface area contributed by atoms with Crippen molar-refractivity contribution in [1.29, 1.82) is 0 Å². The van der Waals surface area contributed by atoms with Crippen LogP contribution in [0.3, 0.4) is 0 Å². The van der Waals surface area contributed by atoms with Crippen LogP contribution >= 0.6 is 0 Å². The number of hydrogen-bond acceptors (Lipinski definition) is 5. The van der Waals surface area contributed by atoms with Crippen molar-refractivity contribution in [2.24, 2.45) is 5.92 Å². The van der Waals surface area contributed by atoms with Crippen molar-refractivity contribution in [2.45, 2.75) is 56.1 Å². The minimum atomic E-state index is -0.932. The smallest absolute Gasteiger partial charge is 0.276 e. The van der Waals surface area contributed by atoms with E-state index in [-0.39, 0.29) is 17.7 Å². The average molecular weight is 478 g/mol. The van der Waals surface area contributed by atoms with E-state index >= 15 is 0 Å². The fourth-order valence-electron chi connectivity index (χ4n) is 6.88. The lowest BCUT2D eigenvalue weighted by Crippen LogP contribution is -2.78. The third-order valence-corrected chi connectivity index (χ3v) is 8.71. The molecule has 8 heteroatoms. The molecule has 2 bridgehead atoms. The molecule has 2 aliphatic carbocycles. The van der Waals surface area contributed by atoms with Gasteiger partial charge in [-0.2, -0.15) is 4.98 Å². The van der Waals surface area contributed by atoms with Crippen LogP contribution in [0.1, 0.15) is 56.2 Å². The summed E-state index contributed by atoms with van der Waals surface area (Å²) in [5, 5.41) is 3.37. The van der Waals surface area contributed by atoms with Crippen molar-refractivity contribution in [3.05, 3.63) is 83.8 Å². The van der Waals surface area contributed by atoms with Gasteiger partial charge < -0.3 is 10.8 Å². The Bertz CT molecular complexity index is 1510. The highest BCUT2D eigenvalue weighted by atomic mass is 16.1. The second-order valence-corrected chi connectivity index (χ2v) is 10.4. The van der Waals surface area contributed by atoms with Gasteiger partial charge in [0.1, 0.15) is 12.1 Å². The van der Waals surface area contributed by atoms with Crippen LogP contribution in [-0.4, -0.2) is 35.5 Å². The van der Waals surface area contributed by atoms with Crippen LogP contribution in [0.2, 0.25) is 0 Å².